The van der Waals surface area contributed by atoms with Crippen LogP contribution in [0.1, 0.15) is 20.3 Å². The maximum atomic E-state index is 12.3. The zero-order valence-electron chi connectivity index (χ0n) is 12.0. The molecule has 1 rings (SSSR count). The highest BCUT2D eigenvalue weighted by Gasteiger charge is 2.27. The number of amides is 1. The van der Waals surface area contributed by atoms with Crippen LogP contribution in [0.2, 0.25) is 0 Å². The summed E-state index contributed by atoms with van der Waals surface area (Å²) < 4.78 is 36.8. The number of alkyl halides is 3. The van der Waals surface area contributed by atoms with Crippen LogP contribution in [0.3, 0.4) is 0 Å². The Labute approximate surface area is 126 Å². The molecule has 0 radical (unpaired) electrons. The third kappa shape index (κ3) is 7.96. The second-order valence-corrected chi connectivity index (χ2v) is 5.82. The van der Waals surface area contributed by atoms with Gasteiger partial charge in [0.25, 0.3) is 0 Å². The minimum absolute atomic E-state index is 0.219. The molecule has 2 N–H and O–H groups in total. The topological polar surface area (TPSA) is 41.1 Å². The van der Waals surface area contributed by atoms with Gasteiger partial charge in [0, 0.05) is 23.9 Å². The van der Waals surface area contributed by atoms with E-state index >= 15 is 0 Å². The lowest BCUT2D eigenvalue weighted by Gasteiger charge is -2.12. The molecule has 0 aliphatic rings. The Balaban J connectivity index is 2.56. The molecule has 0 saturated carbocycles. The van der Waals surface area contributed by atoms with E-state index in [0.29, 0.717) is 28.9 Å². The highest BCUT2D eigenvalue weighted by Crippen LogP contribution is 2.32. The first-order valence-corrected chi connectivity index (χ1v) is 7.58. The fraction of sp³-hybridized carbons (Fsp3) is 0.500. The van der Waals surface area contributed by atoms with Crippen LogP contribution in [-0.4, -0.2) is 30.4 Å². The molecule has 0 saturated heterocycles. The Bertz CT molecular complexity index is 464. The second kappa shape index (κ2) is 8.29. The van der Waals surface area contributed by atoms with Crippen molar-refractivity contribution in [3.05, 3.63) is 24.3 Å². The van der Waals surface area contributed by atoms with Crippen molar-refractivity contribution in [2.75, 3.05) is 17.6 Å². The van der Waals surface area contributed by atoms with E-state index in [9.17, 15) is 18.0 Å². The van der Waals surface area contributed by atoms with Gasteiger partial charge in [0.15, 0.2) is 0 Å². The van der Waals surface area contributed by atoms with Gasteiger partial charge in [-0.3, -0.25) is 4.79 Å². The number of thioether (sulfide) groups is 1. The van der Waals surface area contributed by atoms with Crippen LogP contribution >= 0.6 is 11.8 Å². The lowest BCUT2D eigenvalue weighted by Crippen LogP contribution is -2.27. The van der Waals surface area contributed by atoms with Gasteiger partial charge in [-0.25, -0.2) is 0 Å². The molecule has 7 heteroatoms. The highest BCUT2D eigenvalue weighted by atomic mass is 32.2. The first-order valence-electron chi connectivity index (χ1n) is 6.60. The Morgan fingerprint density at radius 3 is 2.57 bits per heavy atom. The average Bonchev–Trinajstić information content (AvgIpc) is 2.36. The summed E-state index contributed by atoms with van der Waals surface area (Å²) in [4.78, 5) is 12.2. The molecule has 0 bridgehead atoms. The Kier molecular flexibility index (Phi) is 7.04. The molecule has 0 spiro atoms. The number of benzene rings is 1. The predicted octanol–water partition coefficient (Wildman–Crippen LogP) is 3.67. The van der Waals surface area contributed by atoms with Gasteiger partial charge >= 0.3 is 6.18 Å². The monoisotopic (exact) mass is 320 g/mol. The quantitative estimate of drug-likeness (QED) is 0.753. The van der Waals surface area contributed by atoms with Gasteiger partial charge in [-0.2, -0.15) is 13.2 Å². The molecule has 0 aliphatic carbocycles. The predicted molar refractivity (Wildman–Crippen MR) is 79.6 cm³/mol. The van der Waals surface area contributed by atoms with Crippen LogP contribution in [0, 0.1) is 0 Å². The van der Waals surface area contributed by atoms with Crippen molar-refractivity contribution in [1.82, 2.24) is 5.32 Å². The molecule has 0 unspecified atom stereocenters. The second-order valence-electron chi connectivity index (χ2n) is 4.81. The van der Waals surface area contributed by atoms with Crippen molar-refractivity contribution in [1.29, 1.82) is 0 Å². The van der Waals surface area contributed by atoms with E-state index in [0.717, 1.165) is 0 Å². The number of hydrogen-bond acceptors (Lipinski definition) is 3. The summed E-state index contributed by atoms with van der Waals surface area (Å²) in [5, 5.41) is 5.76. The molecule has 0 aliphatic heterocycles. The first kappa shape index (κ1) is 17.8. The maximum Gasteiger partial charge on any atom is 0.398 e. The zero-order chi connectivity index (χ0) is 15.9. The molecule has 118 valence electrons. The third-order valence-electron chi connectivity index (χ3n) is 2.46. The highest BCUT2D eigenvalue weighted by molar-refractivity contribution is 7.99. The van der Waals surface area contributed by atoms with E-state index in [4.69, 9.17) is 0 Å². The molecule has 21 heavy (non-hydrogen) atoms. The number of halogens is 3. The van der Waals surface area contributed by atoms with E-state index in [1.54, 1.807) is 24.3 Å². The molecule has 0 atom stereocenters. The van der Waals surface area contributed by atoms with Crippen LogP contribution < -0.4 is 10.6 Å². The molecule has 0 aromatic heterocycles. The van der Waals surface area contributed by atoms with E-state index in [1.165, 1.54) is 0 Å². The van der Waals surface area contributed by atoms with Gasteiger partial charge in [-0.05, 0) is 12.1 Å². The minimum atomic E-state index is -4.23. The van der Waals surface area contributed by atoms with Gasteiger partial charge < -0.3 is 10.6 Å². The van der Waals surface area contributed by atoms with Crippen LogP contribution in [0.15, 0.2) is 29.2 Å². The van der Waals surface area contributed by atoms with Crippen LogP contribution in [0.5, 0.6) is 0 Å². The average molecular weight is 320 g/mol. The number of carbonyl (C=O) groups is 1. The Morgan fingerprint density at radius 1 is 1.29 bits per heavy atom. The summed E-state index contributed by atoms with van der Waals surface area (Å²) in [5.41, 5.74) is 0.418. The summed E-state index contributed by atoms with van der Waals surface area (Å²) in [5.74, 6) is -1.20. The van der Waals surface area contributed by atoms with E-state index in [1.807, 2.05) is 13.8 Å². The van der Waals surface area contributed by atoms with Crippen LogP contribution in [0.25, 0.3) is 0 Å². The number of rotatable bonds is 7. The molecule has 1 aromatic rings. The molecule has 1 aromatic carbocycles. The first-order chi connectivity index (χ1) is 9.78. The van der Waals surface area contributed by atoms with Gasteiger partial charge in [-0.15, -0.1) is 11.8 Å². The smallest absolute Gasteiger partial charge is 0.325 e. The Hall–Kier alpha value is -1.21. The van der Waals surface area contributed by atoms with Crippen LogP contribution in [-0.2, 0) is 4.79 Å². The number of hydrogen-bond donors (Lipinski definition) is 2. The molecule has 0 fully saturated rings. The van der Waals surface area contributed by atoms with Crippen molar-refractivity contribution in [2.24, 2.45) is 0 Å². The number of nitrogens with one attached hydrogen (secondary N) is 2. The molecule has 1 amide bonds. The van der Waals surface area contributed by atoms with E-state index in [-0.39, 0.29) is 18.4 Å². The summed E-state index contributed by atoms with van der Waals surface area (Å²) in [7, 11) is 0. The fourth-order valence-corrected chi connectivity index (χ4v) is 2.31. The van der Waals surface area contributed by atoms with Gasteiger partial charge in [0.05, 0.1) is 11.4 Å². The van der Waals surface area contributed by atoms with Crippen molar-refractivity contribution < 1.29 is 18.0 Å². The largest absolute Gasteiger partial charge is 0.398 e. The normalized spacial score (nSPS) is 11.7. The van der Waals surface area contributed by atoms with Crippen molar-refractivity contribution in [2.45, 2.75) is 37.4 Å². The molecule has 3 nitrogen and oxygen atoms in total. The van der Waals surface area contributed by atoms with Gasteiger partial charge in [-0.1, -0.05) is 26.0 Å². The zero-order valence-corrected chi connectivity index (χ0v) is 12.8. The van der Waals surface area contributed by atoms with E-state index in [2.05, 4.69) is 10.6 Å². The number of para-hydroxylation sites is 1. The third-order valence-corrected chi connectivity index (χ3v) is 3.60. The van der Waals surface area contributed by atoms with Gasteiger partial charge in [0.2, 0.25) is 5.91 Å². The van der Waals surface area contributed by atoms with Crippen LogP contribution in [0.4, 0.5) is 18.9 Å². The minimum Gasteiger partial charge on any atom is -0.325 e. The summed E-state index contributed by atoms with van der Waals surface area (Å²) >= 11 is 0.669. The molecular formula is C14H19F3N2OS. The summed E-state index contributed by atoms with van der Waals surface area (Å²) in [6.07, 6.45) is -3.96. The lowest BCUT2D eigenvalue weighted by molar-refractivity contribution is -0.116. The van der Waals surface area contributed by atoms with Gasteiger partial charge in [0.1, 0.15) is 0 Å². The SMILES string of the molecule is CC(C)NCCC(=O)Nc1ccccc1SCC(F)(F)F. The van der Waals surface area contributed by atoms with Crippen molar-refractivity contribution >= 4 is 23.4 Å². The van der Waals surface area contributed by atoms with Crippen molar-refractivity contribution in [3.63, 3.8) is 0 Å². The maximum absolute atomic E-state index is 12.3. The Morgan fingerprint density at radius 2 is 1.95 bits per heavy atom. The molecular weight excluding hydrogens is 301 g/mol. The number of anilines is 1. The fourth-order valence-electron chi connectivity index (χ4n) is 1.54. The summed E-state index contributed by atoms with van der Waals surface area (Å²) in [6.45, 7) is 4.48. The molecule has 0 heterocycles. The lowest BCUT2D eigenvalue weighted by atomic mass is 10.3. The van der Waals surface area contributed by atoms with Crippen molar-refractivity contribution in [3.8, 4) is 0 Å². The summed E-state index contributed by atoms with van der Waals surface area (Å²) in [6, 6.07) is 6.78. The van der Waals surface area contributed by atoms with E-state index < -0.39 is 11.9 Å². The number of carbonyl (C=O) groups excluding carboxylic acids is 1. The standard InChI is InChI=1S/C14H19F3N2OS/c1-10(2)18-8-7-13(20)19-11-5-3-4-6-12(11)21-9-14(15,16)17/h3-6,10,18H,7-9H2,1-2H3,(H,19,20).